The Bertz CT molecular complexity index is 216. The third-order valence-electron chi connectivity index (χ3n) is 4.70. The van der Waals surface area contributed by atoms with E-state index in [4.69, 9.17) is 0 Å². The Balaban J connectivity index is 1.57. The first-order valence-corrected chi connectivity index (χ1v) is 7.91. The first-order chi connectivity index (χ1) is 8.78. The molecule has 0 aromatic heterocycles. The maximum absolute atomic E-state index is 2.68. The Hall–Kier alpha value is -0.120. The zero-order valence-electron chi connectivity index (χ0n) is 12.4. The van der Waals surface area contributed by atoms with Crippen molar-refractivity contribution in [2.24, 2.45) is 5.92 Å². The van der Waals surface area contributed by atoms with Crippen LogP contribution in [-0.4, -0.2) is 74.1 Å². The van der Waals surface area contributed by atoms with Gasteiger partial charge in [0.2, 0.25) is 0 Å². The van der Waals surface area contributed by atoms with E-state index in [2.05, 4.69) is 28.7 Å². The van der Waals surface area contributed by atoms with Gasteiger partial charge in [0, 0.05) is 26.2 Å². The van der Waals surface area contributed by atoms with Crippen LogP contribution in [-0.2, 0) is 0 Å². The molecule has 2 heterocycles. The van der Waals surface area contributed by atoms with Gasteiger partial charge in [-0.05, 0) is 64.8 Å². The molecule has 0 aromatic carbocycles. The minimum Gasteiger partial charge on any atom is -0.306 e. The summed E-state index contributed by atoms with van der Waals surface area (Å²) in [6.45, 7) is 12.7. The van der Waals surface area contributed by atoms with Crippen LogP contribution in [0.2, 0.25) is 0 Å². The molecule has 0 saturated carbocycles. The smallest absolute Gasteiger partial charge is 0.0110 e. The Kier molecular flexibility index (Phi) is 5.93. The van der Waals surface area contributed by atoms with E-state index in [1.807, 2.05) is 0 Å². The van der Waals surface area contributed by atoms with Gasteiger partial charge in [0.25, 0.3) is 0 Å². The Morgan fingerprint density at radius 3 is 1.94 bits per heavy atom. The Morgan fingerprint density at radius 1 is 0.833 bits per heavy atom. The van der Waals surface area contributed by atoms with Gasteiger partial charge in [-0.15, -0.1) is 0 Å². The lowest BCUT2D eigenvalue weighted by molar-refractivity contribution is 0.119. The van der Waals surface area contributed by atoms with Crippen molar-refractivity contribution >= 4 is 0 Å². The van der Waals surface area contributed by atoms with E-state index in [1.165, 1.54) is 78.0 Å². The summed E-state index contributed by atoms with van der Waals surface area (Å²) in [5, 5.41) is 0. The molecule has 2 aliphatic rings. The lowest BCUT2D eigenvalue weighted by atomic mass is 9.93. The second-order valence-corrected chi connectivity index (χ2v) is 6.22. The molecule has 0 aromatic rings. The second-order valence-electron chi connectivity index (χ2n) is 6.22. The molecule has 0 N–H and O–H groups in total. The van der Waals surface area contributed by atoms with Crippen molar-refractivity contribution in [1.29, 1.82) is 0 Å². The van der Waals surface area contributed by atoms with E-state index < -0.39 is 0 Å². The van der Waals surface area contributed by atoms with Crippen LogP contribution in [0, 0.1) is 5.92 Å². The number of hydrogen-bond acceptors (Lipinski definition) is 3. The van der Waals surface area contributed by atoms with Crippen molar-refractivity contribution in [2.45, 2.75) is 32.6 Å². The highest BCUT2D eigenvalue weighted by atomic mass is 15.3. The third-order valence-corrected chi connectivity index (χ3v) is 4.70. The first-order valence-electron chi connectivity index (χ1n) is 7.91. The molecular weight excluding hydrogens is 222 g/mol. The quantitative estimate of drug-likeness (QED) is 0.739. The molecule has 0 atom stereocenters. The van der Waals surface area contributed by atoms with Crippen molar-refractivity contribution in [3.63, 3.8) is 0 Å². The van der Waals surface area contributed by atoms with Crippen molar-refractivity contribution < 1.29 is 0 Å². The molecule has 0 bridgehead atoms. The number of likely N-dealkylation sites (tertiary alicyclic amines) is 1. The normalized spacial score (nSPS) is 25.7. The van der Waals surface area contributed by atoms with Crippen molar-refractivity contribution in [2.75, 3.05) is 59.4 Å². The molecule has 0 aliphatic carbocycles. The van der Waals surface area contributed by atoms with Crippen LogP contribution in [0.25, 0.3) is 0 Å². The van der Waals surface area contributed by atoms with Crippen molar-refractivity contribution in [3.05, 3.63) is 0 Å². The molecule has 2 aliphatic heterocycles. The molecule has 2 saturated heterocycles. The van der Waals surface area contributed by atoms with Gasteiger partial charge in [0.1, 0.15) is 0 Å². The maximum Gasteiger partial charge on any atom is 0.0110 e. The molecule has 3 heteroatoms. The zero-order chi connectivity index (χ0) is 12.8. The zero-order valence-corrected chi connectivity index (χ0v) is 12.4. The van der Waals surface area contributed by atoms with E-state index in [0.29, 0.717) is 0 Å². The summed E-state index contributed by atoms with van der Waals surface area (Å²) >= 11 is 0. The molecule has 3 nitrogen and oxygen atoms in total. The summed E-state index contributed by atoms with van der Waals surface area (Å²) in [6, 6.07) is 0. The number of piperazine rings is 1. The van der Waals surface area contributed by atoms with Gasteiger partial charge in [0.15, 0.2) is 0 Å². The molecule has 0 unspecified atom stereocenters. The van der Waals surface area contributed by atoms with Crippen molar-refractivity contribution in [3.8, 4) is 0 Å². The molecule has 0 spiro atoms. The number of rotatable bonds is 5. The lowest BCUT2D eigenvalue weighted by Crippen LogP contribution is -2.47. The van der Waals surface area contributed by atoms with Crippen LogP contribution in [0.3, 0.4) is 0 Å². The van der Waals surface area contributed by atoms with E-state index in [-0.39, 0.29) is 0 Å². The Labute approximate surface area is 113 Å². The monoisotopic (exact) mass is 253 g/mol. The van der Waals surface area contributed by atoms with Crippen LogP contribution in [0.4, 0.5) is 0 Å². The summed E-state index contributed by atoms with van der Waals surface area (Å²) in [6.07, 6.45) is 5.58. The summed E-state index contributed by atoms with van der Waals surface area (Å²) in [4.78, 5) is 7.77. The van der Waals surface area contributed by atoms with E-state index in [9.17, 15) is 0 Å². The van der Waals surface area contributed by atoms with E-state index in [1.54, 1.807) is 0 Å². The lowest BCUT2D eigenvalue weighted by Gasteiger charge is -2.36. The summed E-state index contributed by atoms with van der Waals surface area (Å²) in [5.74, 6) is 0.995. The topological polar surface area (TPSA) is 9.72 Å². The van der Waals surface area contributed by atoms with Crippen LogP contribution >= 0.6 is 0 Å². The molecule has 106 valence electrons. The van der Waals surface area contributed by atoms with Gasteiger partial charge < -0.3 is 14.7 Å². The van der Waals surface area contributed by atoms with Gasteiger partial charge in [-0.2, -0.15) is 0 Å². The maximum atomic E-state index is 2.68. The first kappa shape index (κ1) is 14.3. The SMILES string of the molecule is CCCN1CCN(CCC2CCN(C)CC2)CC1. The number of nitrogens with zero attached hydrogens (tertiary/aromatic N) is 3. The summed E-state index contributed by atoms with van der Waals surface area (Å²) in [5.41, 5.74) is 0. The number of hydrogen-bond donors (Lipinski definition) is 0. The predicted molar refractivity (Wildman–Crippen MR) is 78.0 cm³/mol. The number of piperidine rings is 1. The fraction of sp³-hybridized carbons (Fsp3) is 1.00. The van der Waals surface area contributed by atoms with Crippen LogP contribution in [0.15, 0.2) is 0 Å². The molecule has 2 rings (SSSR count). The molecule has 0 radical (unpaired) electrons. The average Bonchev–Trinajstić information content (AvgIpc) is 2.40. The van der Waals surface area contributed by atoms with Gasteiger partial charge in [-0.1, -0.05) is 6.92 Å². The minimum atomic E-state index is 0.995. The van der Waals surface area contributed by atoms with Crippen LogP contribution < -0.4 is 0 Å². The van der Waals surface area contributed by atoms with E-state index >= 15 is 0 Å². The van der Waals surface area contributed by atoms with Crippen LogP contribution in [0.5, 0.6) is 0 Å². The molecule has 2 fully saturated rings. The highest BCUT2D eigenvalue weighted by molar-refractivity contribution is 4.75. The standard InChI is InChI=1S/C15H31N3/c1-3-7-17-11-13-18(14-12-17)10-6-15-4-8-16(2)9-5-15/h15H,3-14H2,1-2H3. The highest BCUT2D eigenvalue weighted by Crippen LogP contribution is 2.20. The Morgan fingerprint density at radius 2 is 1.39 bits per heavy atom. The van der Waals surface area contributed by atoms with E-state index in [0.717, 1.165) is 5.92 Å². The van der Waals surface area contributed by atoms with Gasteiger partial charge in [-0.3, -0.25) is 0 Å². The van der Waals surface area contributed by atoms with Gasteiger partial charge in [0.05, 0.1) is 0 Å². The largest absolute Gasteiger partial charge is 0.306 e. The van der Waals surface area contributed by atoms with Crippen molar-refractivity contribution in [1.82, 2.24) is 14.7 Å². The highest BCUT2D eigenvalue weighted by Gasteiger charge is 2.19. The van der Waals surface area contributed by atoms with Gasteiger partial charge in [-0.25, -0.2) is 0 Å². The fourth-order valence-corrected chi connectivity index (χ4v) is 3.27. The van der Waals surface area contributed by atoms with Gasteiger partial charge >= 0.3 is 0 Å². The second kappa shape index (κ2) is 7.46. The summed E-state index contributed by atoms with van der Waals surface area (Å²) < 4.78 is 0. The predicted octanol–water partition coefficient (Wildman–Crippen LogP) is 1.75. The fourth-order valence-electron chi connectivity index (χ4n) is 3.27. The summed E-state index contributed by atoms with van der Waals surface area (Å²) in [7, 11) is 2.25. The molecular formula is C15H31N3. The van der Waals surface area contributed by atoms with Crippen LogP contribution in [0.1, 0.15) is 32.6 Å². The minimum absolute atomic E-state index is 0.995. The average molecular weight is 253 g/mol. The third kappa shape index (κ3) is 4.52. The molecule has 18 heavy (non-hydrogen) atoms. The molecule has 0 amide bonds.